The molecule has 0 spiro atoms. The summed E-state index contributed by atoms with van der Waals surface area (Å²) >= 11 is 13.9. The van der Waals surface area contributed by atoms with Crippen molar-refractivity contribution in [3.63, 3.8) is 0 Å². The zero-order valence-electron chi connectivity index (χ0n) is 16.7. The number of nitrogens with zero attached hydrogens (tertiary/aromatic N) is 2. The Balaban J connectivity index is 1.55. The smallest absolute Gasteiger partial charge is 0.270 e. The Kier molecular flexibility index (Phi) is 6.07. The third-order valence-electron chi connectivity index (χ3n) is 5.23. The van der Waals surface area contributed by atoms with Gasteiger partial charge in [-0.3, -0.25) is 9.69 Å². The van der Waals surface area contributed by atoms with Crippen molar-refractivity contribution in [1.82, 2.24) is 4.57 Å². The molecule has 2 heterocycles. The summed E-state index contributed by atoms with van der Waals surface area (Å²) in [5.74, 6) is -0.0880. The van der Waals surface area contributed by atoms with Gasteiger partial charge in [0.25, 0.3) is 5.91 Å². The molecule has 0 bridgehead atoms. The van der Waals surface area contributed by atoms with Crippen LogP contribution in [0.3, 0.4) is 0 Å². The number of anilines is 1. The molecule has 1 saturated heterocycles. The van der Waals surface area contributed by atoms with E-state index in [2.05, 4.69) is 66.9 Å². The number of thiocarbonyl (C=S) groups is 1. The Labute approximate surface area is 212 Å². The molecule has 1 aliphatic rings. The molecule has 7 heteroatoms. The number of aromatic nitrogens is 1. The maximum absolute atomic E-state index is 13.2. The monoisotopic (exact) mass is 582 g/mol. The van der Waals surface area contributed by atoms with Crippen LogP contribution in [0, 0.1) is 0 Å². The van der Waals surface area contributed by atoms with Crippen LogP contribution in [0.2, 0.25) is 0 Å². The molecule has 1 aromatic heterocycles. The fourth-order valence-electron chi connectivity index (χ4n) is 3.74. The molecule has 1 fully saturated rings. The van der Waals surface area contributed by atoms with Gasteiger partial charge in [-0.15, -0.1) is 0 Å². The second-order valence-electron chi connectivity index (χ2n) is 7.35. The number of carbonyl (C=O) groups excluding carboxylic acids is 1. The lowest BCUT2D eigenvalue weighted by atomic mass is 10.1. The van der Waals surface area contributed by atoms with Gasteiger partial charge in [0, 0.05) is 38.2 Å². The summed E-state index contributed by atoms with van der Waals surface area (Å²) < 4.78 is 4.82. The van der Waals surface area contributed by atoms with Crippen LogP contribution in [-0.2, 0) is 11.3 Å². The predicted molar refractivity (Wildman–Crippen MR) is 145 cm³/mol. The third kappa shape index (κ3) is 4.22. The van der Waals surface area contributed by atoms with Crippen LogP contribution in [0.25, 0.3) is 17.0 Å². The molecule has 158 valence electrons. The van der Waals surface area contributed by atoms with E-state index in [1.165, 1.54) is 17.3 Å². The van der Waals surface area contributed by atoms with Gasteiger partial charge in [-0.2, -0.15) is 0 Å². The van der Waals surface area contributed by atoms with Crippen LogP contribution in [0.1, 0.15) is 11.1 Å². The van der Waals surface area contributed by atoms with E-state index < -0.39 is 0 Å². The normalized spacial score (nSPS) is 15.3. The molecular formula is C25H16Br2N2OS2. The molecule has 1 aliphatic heterocycles. The highest BCUT2D eigenvalue weighted by molar-refractivity contribution is 9.10. The maximum atomic E-state index is 13.2. The van der Waals surface area contributed by atoms with Crippen molar-refractivity contribution in [1.29, 1.82) is 0 Å². The van der Waals surface area contributed by atoms with Crippen molar-refractivity contribution in [3.05, 3.63) is 104 Å². The second kappa shape index (κ2) is 8.98. The molecule has 0 N–H and O–H groups in total. The Hall–Kier alpha value is -2.19. The summed E-state index contributed by atoms with van der Waals surface area (Å²) in [5.41, 5.74) is 4.10. The molecule has 0 unspecified atom stereocenters. The molecule has 32 heavy (non-hydrogen) atoms. The average Bonchev–Trinajstić information content (AvgIpc) is 3.26. The summed E-state index contributed by atoms with van der Waals surface area (Å²) in [4.78, 5) is 15.4. The number of amides is 1. The highest BCUT2D eigenvalue weighted by Crippen LogP contribution is 2.37. The Bertz CT molecular complexity index is 1380. The van der Waals surface area contributed by atoms with E-state index in [9.17, 15) is 4.79 Å². The first-order valence-electron chi connectivity index (χ1n) is 9.85. The number of halogens is 2. The molecule has 0 saturated carbocycles. The first-order valence-corrected chi connectivity index (χ1v) is 12.7. The highest BCUT2D eigenvalue weighted by atomic mass is 79.9. The van der Waals surface area contributed by atoms with E-state index in [0.29, 0.717) is 9.23 Å². The molecule has 1 amide bonds. The maximum Gasteiger partial charge on any atom is 0.270 e. The third-order valence-corrected chi connectivity index (χ3v) is 7.56. The lowest BCUT2D eigenvalue weighted by Crippen LogP contribution is -2.27. The van der Waals surface area contributed by atoms with E-state index in [0.717, 1.165) is 37.6 Å². The van der Waals surface area contributed by atoms with Gasteiger partial charge in [-0.05, 0) is 54.1 Å². The number of rotatable bonds is 4. The lowest BCUT2D eigenvalue weighted by Gasteiger charge is -2.13. The van der Waals surface area contributed by atoms with Crippen molar-refractivity contribution in [2.75, 3.05) is 4.90 Å². The topological polar surface area (TPSA) is 25.2 Å². The number of thioether (sulfide) groups is 1. The van der Waals surface area contributed by atoms with Crippen LogP contribution in [0.4, 0.5) is 5.69 Å². The number of carbonyl (C=O) groups is 1. The standard InChI is InChI=1S/C25H16Br2N2OS2/c26-18-8-6-16(7-9-18)14-28-15-17(21-13-19(27)10-11-22(21)28)12-23-24(30)29(25(31)32-23)20-4-2-1-3-5-20/h1-13,15H,14H2/b23-12-. The molecule has 0 radical (unpaired) electrons. The van der Waals surface area contributed by atoms with E-state index in [1.54, 1.807) is 4.90 Å². The summed E-state index contributed by atoms with van der Waals surface area (Å²) in [6, 6.07) is 24.1. The zero-order chi connectivity index (χ0) is 22.2. The van der Waals surface area contributed by atoms with Crippen molar-refractivity contribution >= 4 is 88.7 Å². The first kappa shape index (κ1) is 21.6. The van der Waals surface area contributed by atoms with E-state index in [1.807, 2.05) is 54.6 Å². The largest absolute Gasteiger partial charge is 0.342 e. The molecular weight excluding hydrogens is 568 g/mol. The molecule has 4 aromatic rings. The molecule has 5 rings (SSSR count). The minimum absolute atomic E-state index is 0.0880. The van der Waals surface area contributed by atoms with Crippen molar-refractivity contribution < 1.29 is 4.79 Å². The second-order valence-corrected chi connectivity index (χ2v) is 10.9. The Morgan fingerprint density at radius 1 is 0.938 bits per heavy atom. The van der Waals surface area contributed by atoms with Crippen LogP contribution in [0.15, 0.2) is 92.8 Å². The number of benzene rings is 3. The summed E-state index contributed by atoms with van der Waals surface area (Å²) in [6.07, 6.45) is 4.06. The van der Waals surface area contributed by atoms with Gasteiger partial charge in [0.2, 0.25) is 0 Å². The van der Waals surface area contributed by atoms with Gasteiger partial charge >= 0.3 is 0 Å². The van der Waals surface area contributed by atoms with E-state index in [4.69, 9.17) is 12.2 Å². The predicted octanol–water partition coefficient (Wildman–Crippen LogP) is 7.62. The summed E-state index contributed by atoms with van der Waals surface area (Å²) in [7, 11) is 0. The number of fused-ring (bicyclic) bond motifs is 1. The van der Waals surface area contributed by atoms with Crippen LogP contribution in [0.5, 0.6) is 0 Å². The van der Waals surface area contributed by atoms with Gasteiger partial charge in [0.1, 0.15) is 0 Å². The van der Waals surface area contributed by atoms with E-state index in [-0.39, 0.29) is 5.91 Å². The van der Waals surface area contributed by atoms with Crippen molar-refractivity contribution in [2.24, 2.45) is 0 Å². The number of hydrogen-bond donors (Lipinski definition) is 0. The summed E-state index contributed by atoms with van der Waals surface area (Å²) in [6.45, 7) is 0.740. The SMILES string of the molecule is O=C1/C(=C/c2cn(Cc3ccc(Br)cc3)c3ccc(Br)cc23)SC(=S)N1c1ccccc1. The van der Waals surface area contributed by atoms with Crippen LogP contribution < -0.4 is 4.90 Å². The Morgan fingerprint density at radius 2 is 1.66 bits per heavy atom. The molecule has 0 aliphatic carbocycles. The zero-order valence-corrected chi connectivity index (χ0v) is 21.5. The van der Waals surface area contributed by atoms with Crippen LogP contribution in [-0.4, -0.2) is 14.8 Å². The summed E-state index contributed by atoms with van der Waals surface area (Å²) in [5, 5.41) is 1.08. The first-order chi connectivity index (χ1) is 15.5. The van der Waals surface area contributed by atoms with Gasteiger partial charge < -0.3 is 4.57 Å². The van der Waals surface area contributed by atoms with Gasteiger partial charge in [-0.25, -0.2) is 0 Å². The highest BCUT2D eigenvalue weighted by Gasteiger charge is 2.33. The quantitative estimate of drug-likeness (QED) is 0.182. The van der Waals surface area contributed by atoms with Gasteiger partial charge in [-0.1, -0.05) is 86.2 Å². The lowest BCUT2D eigenvalue weighted by molar-refractivity contribution is -0.113. The number of hydrogen-bond acceptors (Lipinski definition) is 3. The van der Waals surface area contributed by atoms with Gasteiger partial charge in [0.05, 0.1) is 10.6 Å². The van der Waals surface area contributed by atoms with Crippen molar-refractivity contribution in [2.45, 2.75) is 6.54 Å². The number of para-hydroxylation sites is 1. The Morgan fingerprint density at radius 3 is 2.41 bits per heavy atom. The average molecular weight is 584 g/mol. The fraction of sp³-hybridized carbons (Fsp3) is 0.0400. The molecule has 3 nitrogen and oxygen atoms in total. The minimum atomic E-state index is -0.0880. The van der Waals surface area contributed by atoms with Crippen molar-refractivity contribution in [3.8, 4) is 0 Å². The molecule has 3 aromatic carbocycles. The molecule has 0 atom stereocenters. The van der Waals surface area contributed by atoms with E-state index >= 15 is 0 Å². The fourth-order valence-corrected chi connectivity index (χ4v) is 5.65. The minimum Gasteiger partial charge on any atom is -0.342 e. The van der Waals surface area contributed by atoms with Crippen LogP contribution >= 0.6 is 55.8 Å². The van der Waals surface area contributed by atoms with Gasteiger partial charge in [0.15, 0.2) is 4.32 Å².